The third-order valence-corrected chi connectivity index (χ3v) is 7.23. The van der Waals surface area contributed by atoms with Crippen molar-refractivity contribution in [2.45, 2.75) is 68.3 Å². The second-order valence-electron chi connectivity index (χ2n) is 8.86. The van der Waals surface area contributed by atoms with Gasteiger partial charge in [0.15, 0.2) is 0 Å². The molecule has 2 aliphatic heterocycles. The summed E-state index contributed by atoms with van der Waals surface area (Å²) in [6, 6.07) is -0.767. The van der Waals surface area contributed by atoms with Crippen molar-refractivity contribution in [2.75, 3.05) is 19.8 Å². The average molecular weight is 510 g/mol. The van der Waals surface area contributed by atoms with E-state index in [-0.39, 0.29) is 42.8 Å². The quantitative estimate of drug-likeness (QED) is 0.173. The van der Waals surface area contributed by atoms with Gasteiger partial charge < -0.3 is 29.2 Å². The summed E-state index contributed by atoms with van der Waals surface area (Å²) in [5.41, 5.74) is -0.663. The molecule has 2 aliphatic rings. The Kier molecular flexibility index (Phi) is 10.5. The second kappa shape index (κ2) is 12.9. The first-order valence-corrected chi connectivity index (χ1v) is 12.3. The first-order valence-electron chi connectivity index (χ1n) is 11.3. The molecule has 5 atom stereocenters. The van der Waals surface area contributed by atoms with Crippen LogP contribution in [0.3, 0.4) is 0 Å². The number of carbonyl (C=O) groups excluding carboxylic acids is 4. The van der Waals surface area contributed by atoms with E-state index < -0.39 is 41.8 Å². The number of rotatable bonds is 13. The molecule has 2 unspecified atom stereocenters. The van der Waals surface area contributed by atoms with Crippen molar-refractivity contribution in [2.24, 2.45) is 5.92 Å². The smallest absolute Gasteiger partial charge is 0.466 e. The summed E-state index contributed by atoms with van der Waals surface area (Å²) in [5.74, 6) is -1.21. The van der Waals surface area contributed by atoms with Crippen molar-refractivity contribution in [3.63, 3.8) is 0 Å². The van der Waals surface area contributed by atoms with Gasteiger partial charge in [0.25, 0.3) is 0 Å². The van der Waals surface area contributed by atoms with E-state index in [2.05, 4.69) is 18.5 Å². The molecule has 2 saturated heterocycles. The predicted octanol–water partition coefficient (Wildman–Crippen LogP) is 2.97. The summed E-state index contributed by atoms with van der Waals surface area (Å²) >= 11 is 1.45. The van der Waals surface area contributed by atoms with Crippen LogP contribution in [-0.2, 0) is 28.5 Å². The Hall–Kier alpha value is -2.69. The minimum atomic E-state index is -0.871. The number of esters is 1. The summed E-state index contributed by atoms with van der Waals surface area (Å²) in [5, 5.41) is 2.17. The van der Waals surface area contributed by atoms with Crippen LogP contribution < -0.4 is 5.32 Å². The number of amides is 2. The van der Waals surface area contributed by atoms with Crippen LogP contribution in [0.1, 0.15) is 40.0 Å². The van der Waals surface area contributed by atoms with Crippen LogP contribution in [0.15, 0.2) is 25.3 Å². The van der Waals surface area contributed by atoms with Crippen LogP contribution in [0.2, 0.25) is 0 Å². The fraction of sp³-hybridized carbons (Fsp3) is 0.625. The fourth-order valence-corrected chi connectivity index (χ4v) is 5.46. The topological polar surface area (TPSA) is 120 Å². The number of fused-ring (bicyclic) bond motifs is 1. The molecule has 0 saturated carbocycles. The van der Waals surface area contributed by atoms with E-state index >= 15 is 0 Å². The van der Waals surface area contributed by atoms with E-state index in [9.17, 15) is 19.2 Å². The zero-order valence-corrected chi connectivity index (χ0v) is 21.1. The molecule has 1 N–H and O–H groups in total. The lowest BCUT2D eigenvalue weighted by Crippen LogP contribution is -2.63. The first-order chi connectivity index (χ1) is 16.5. The van der Waals surface area contributed by atoms with Crippen molar-refractivity contribution in [3.8, 4) is 0 Å². The van der Waals surface area contributed by atoms with Crippen molar-refractivity contribution in [1.29, 1.82) is 0 Å². The van der Waals surface area contributed by atoms with Crippen LogP contribution in [-0.4, -0.2) is 77.2 Å². The van der Waals surface area contributed by atoms with Gasteiger partial charge in [0.2, 0.25) is 5.91 Å². The Bertz CT molecular complexity index is 817. The van der Waals surface area contributed by atoms with E-state index in [0.29, 0.717) is 12.8 Å². The van der Waals surface area contributed by atoms with Crippen LogP contribution in [0.4, 0.5) is 9.59 Å². The Morgan fingerprint density at radius 1 is 1.20 bits per heavy atom. The molecule has 0 aromatic heterocycles. The van der Waals surface area contributed by atoms with E-state index in [1.54, 1.807) is 20.8 Å². The maximum Gasteiger partial charge on any atom is 0.508 e. The Morgan fingerprint density at radius 3 is 2.51 bits per heavy atom. The standard InChI is InChI=1S/C24H33N2O8S/c1-7-12-32-22(29)25-24(5,6)11-9-18(27)31-14-10-17-15(3)26-20(28)19(21(26)35-17)16(4)34-23(30)33-13-8-2/h7-8,15-17,19,21H,1-2,9-14H2,4-6H3,(H,25,29)/t15?,16-,17?,19+,21-/m1/s1. The van der Waals surface area contributed by atoms with Crippen LogP contribution in [0.5, 0.6) is 0 Å². The molecule has 0 aromatic carbocycles. The number of alkyl carbamates (subject to hydrolysis) is 1. The van der Waals surface area contributed by atoms with Gasteiger partial charge in [-0.25, -0.2) is 9.59 Å². The SMILES string of the molecule is [C]C1C(CCOC(=O)CCC(C)(C)NC(=O)OCC=C)S[C@@H]2[C@@H]([C@@H](C)OC(=O)OCC=C)C(=O)N12. The number of nitrogens with one attached hydrogen (secondary N) is 1. The van der Waals surface area contributed by atoms with Crippen LogP contribution in [0.25, 0.3) is 0 Å². The number of hydrogen-bond acceptors (Lipinski definition) is 9. The number of ether oxygens (including phenoxy) is 4. The van der Waals surface area contributed by atoms with Gasteiger partial charge in [-0.15, -0.1) is 11.8 Å². The van der Waals surface area contributed by atoms with Crippen molar-refractivity contribution >= 4 is 35.9 Å². The zero-order chi connectivity index (χ0) is 26.2. The van der Waals surface area contributed by atoms with Gasteiger partial charge in [0, 0.05) is 24.1 Å². The lowest BCUT2D eigenvalue weighted by Gasteiger charge is -2.45. The summed E-state index contributed by atoms with van der Waals surface area (Å²) in [7, 11) is 0. The molecular weight excluding hydrogens is 476 g/mol. The molecule has 193 valence electrons. The highest BCUT2D eigenvalue weighted by atomic mass is 32.2. The normalized spacial score (nSPS) is 23.9. The van der Waals surface area contributed by atoms with E-state index in [4.69, 9.17) is 25.9 Å². The van der Waals surface area contributed by atoms with Crippen LogP contribution in [0, 0.1) is 12.8 Å². The number of carbonyl (C=O) groups is 4. The maximum absolute atomic E-state index is 12.5. The monoisotopic (exact) mass is 509 g/mol. The van der Waals surface area contributed by atoms with Gasteiger partial charge in [-0.05, 0) is 33.6 Å². The van der Waals surface area contributed by atoms with Gasteiger partial charge in [-0.2, -0.15) is 0 Å². The lowest BCUT2D eigenvalue weighted by atomic mass is 9.90. The molecule has 10 nitrogen and oxygen atoms in total. The van der Waals surface area contributed by atoms with Crippen molar-refractivity contribution in [1.82, 2.24) is 10.2 Å². The highest BCUT2D eigenvalue weighted by Crippen LogP contribution is 2.49. The fourth-order valence-electron chi connectivity index (χ4n) is 3.72. The summed E-state index contributed by atoms with van der Waals surface area (Å²) in [4.78, 5) is 49.5. The number of thioether (sulfide) groups is 1. The third kappa shape index (κ3) is 7.91. The molecule has 0 spiro atoms. The van der Waals surface area contributed by atoms with Gasteiger partial charge in [-0.3, -0.25) is 9.59 Å². The molecule has 3 radical (unpaired) electrons. The maximum atomic E-state index is 12.5. The molecule has 0 bridgehead atoms. The van der Waals surface area contributed by atoms with E-state index in [1.165, 1.54) is 28.8 Å². The van der Waals surface area contributed by atoms with Gasteiger partial charge in [0.1, 0.15) is 25.2 Å². The highest BCUT2D eigenvalue weighted by molar-refractivity contribution is 8.01. The van der Waals surface area contributed by atoms with Crippen LogP contribution >= 0.6 is 11.8 Å². The number of nitrogens with zero attached hydrogens (tertiary/aromatic N) is 1. The van der Waals surface area contributed by atoms with Crippen molar-refractivity contribution < 1.29 is 38.1 Å². The second-order valence-corrected chi connectivity index (χ2v) is 10.2. The summed E-state index contributed by atoms with van der Waals surface area (Å²) in [6.45, 7) is 20.7. The molecule has 2 fully saturated rings. The Morgan fingerprint density at radius 2 is 1.86 bits per heavy atom. The van der Waals surface area contributed by atoms with Gasteiger partial charge in [0.05, 0.1) is 18.0 Å². The van der Waals surface area contributed by atoms with Gasteiger partial charge >= 0.3 is 18.2 Å². The average Bonchev–Trinajstić information content (AvgIpc) is 3.05. The lowest BCUT2D eigenvalue weighted by molar-refractivity contribution is -0.158. The molecule has 0 aromatic rings. The minimum absolute atomic E-state index is 0.0142. The molecule has 11 heteroatoms. The number of β-lactam (4-membered cyclic amide) rings is 1. The van der Waals surface area contributed by atoms with E-state index in [0.717, 1.165) is 0 Å². The minimum Gasteiger partial charge on any atom is -0.466 e. The molecule has 2 heterocycles. The summed E-state index contributed by atoms with van der Waals surface area (Å²) in [6.07, 6.45) is 1.58. The Labute approximate surface area is 210 Å². The molecular formula is C24H33N2O8S. The molecule has 2 amide bonds. The molecule has 35 heavy (non-hydrogen) atoms. The zero-order valence-electron chi connectivity index (χ0n) is 20.3. The molecule has 0 aliphatic carbocycles. The highest BCUT2D eigenvalue weighted by Gasteiger charge is 2.59. The van der Waals surface area contributed by atoms with E-state index in [1.807, 2.05) is 0 Å². The summed E-state index contributed by atoms with van der Waals surface area (Å²) < 4.78 is 20.2. The van der Waals surface area contributed by atoms with Gasteiger partial charge in [-0.1, -0.05) is 25.3 Å². The third-order valence-electron chi connectivity index (χ3n) is 5.59. The Balaban J connectivity index is 1.73. The van der Waals surface area contributed by atoms with Crippen molar-refractivity contribution in [3.05, 3.63) is 32.2 Å². The number of hydrogen-bond donors (Lipinski definition) is 1. The predicted molar refractivity (Wildman–Crippen MR) is 128 cm³/mol. The largest absolute Gasteiger partial charge is 0.508 e. The first kappa shape index (κ1) is 28.5. The molecule has 2 rings (SSSR count).